The van der Waals surface area contributed by atoms with Gasteiger partial charge in [0.1, 0.15) is 0 Å². The molecule has 5 heteroatoms. The predicted octanol–water partition coefficient (Wildman–Crippen LogP) is 2.69. The molecule has 1 aromatic carbocycles. The van der Waals surface area contributed by atoms with Crippen LogP contribution in [0.4, 0.5) is 0 Å². The monoisotopic (exact) mass is 340 g/mol. The van der Waals surface area contributed by atoms with E-state index >= 15 is 0 Å². The number of carbonyl (C=O) groups is 1. The minimum atomic E-state index is -0.0129. The number of amides is 1. The summed E-state index contributed by atoms with van der Waals surface area (Å²) < 4.78 is 1.83. The highest BCUT2D eigenvalue weighted by Crippen LogP contribution is 2.24. The van der Waals surface area contributed by atoms with Crippen LogP contribution in [-0.4, -0.2) is 39.7 Å². The number of nitrogens with zero attached hydrogens (tertiary/aromatic N) is 3. The molecule has 0 bridgehead atoms. The van der Waals surface area contributed by atoms with Crippen LogP contribution in [0.1, 0.15) is 43.2 Å². The van der Waals surface area contributed by atoms with Crippen molar-refractivity contribution < 1.29 is 4.79 Å². The van der Waals surface area contributed by atoms with E-state index < -0.39 is 0 Å². The van der Waals surface area contributed by atoms with Crippen molar-refractivity contribution in [2.24, 2.45) is 7.05 Å². The number of rotatable bonds is 6. The van der Waals surface area contributed by atoms with Gasteiger partial charge in [0.25, 0.3) is 0 Å². The first kappa shape index (κ1) is 17.7. The molecule has 5 nitrogen and oxygen atoms in total. The van der Waals surface area contributed by atoms with E-state index in [2.05, 4.69) is 29.5 Å². The maximum absolute atomic E-state index is 12.9. The summed E-state index contributed by atoms with van der Waals surface area (Å²) in [7, 11) is 1.94. The van der Waals surface area contributed by atoms with Crippen molar-refractivity contribution in [1.29, 1.82) is 0 Å². The van der Waals surface area contributed by atoms with E-state index in [-0.39, 0.29) is 11.8 Å². The summed E-state index contributed by atoms with van der Waals surface area (Å²) in [5.74, 6) is 0.264. The van der Waals surface area contributed by atoms with Crippen molar-refractivity contribution in [3.63, 3.8) is 0 Å². The molecule has 1 fully saturated rings. The van der Waals surface area contributed by atoms with Gasteiger partial charge in [-0.2, -0.15) is 5.10 Å². The molecule has 0 radical (unpaired) electrons. The van der Waals surface area contributed by atoms with Crippen molar-refractivity contribution in [3.8, 4) is 0 Å². The molecule has 0 aliphatic carbocycles. The molecule has 0 saturated carbocycles. The molecule has 2 aromatic rings. The number of aromatic nitrogens is 2. The van der Waals surface area contributed by atoms with Crippen LogP contribution in [0.25, 0.3) is 0 Å². The number of benzene rings is 1. The molecule has 25 heavy (non-hydrogen) atoms. The van der Waals surface area contributed by atoms with Crippen molar-refractivity contribution in [2.45, 2.75) is 44.7 Å². The van der Waals surface area contributed by atoms with Crippen LogP contribution in [0.3, 0.4) is 0 Å². The van der Waals surface area contributed by atoms with E-state index in [4.69, 9.17) is 0 Å². The Morgan fingerprint density at radius 3 is 2.60 bits per heavy atom. The van der Waals surface area contributed by atoms with Gasteiger partial charge in [0.2, 0.25) is 5.91 Å². The fourth-order valence-electron chi connectivity index (χ4n) is 3.59. The van der Waals surface area contributed by atoms with Crippen LogP contribution in [0.2, 0.25) is 0 Å². The van der Waals surface area contributed by atoms with Gasteiger partial charge < -0.3 is 10.2 Å². The van der Waals surface area contributed by atoms with E-state index in [1.165, 1.54) is 5.56 Å². The molecule has 1 unspecified atom stereocenters. The Labute approximate surface area is 150 Å². The fourth-order valence-corrected chi connectivity index (χ4v) is 3.59. The first-order valence-electron chi connectivity index (χ1n) is 9.22. The SMILES string of the molecule is CCC(C(=O)N1CCC(NCc2cnn(C)c2)CC1)c1ccccc1. The average molecular weight is 340 g/mol. The quantitative estimate of drug-likeness (QED) is 0.880. The Bertz CT molecular complexity index is 674. The van der Waals surface area contributed by atoms with Crippen LogP contribution >= 0.6 is 0 Å². The Balaban J connectivity index is 1.50. The Morgan fingerprint density at radius 1 is 1.28 bits per heavy atom. The zero-order valence-corrected chi connectivity index (χ0v) is 15.2. The van der Waals surface area contributed by atoms with Gasteiger partial charge in [0.15, 0.2) is 0 Å². The van der Waals surface area contributed by atoms with E-state index in [1.807, 2.05) is 47.2 Å². The van der Waals surface area contributed by atoms with Gasteiger partial charge in [0.05, 0.1) is 12.1 Å². The van der Waals surface area contributed by atoms with Crippen molar-refractivity contribution in [3.05, 3.63) is 53.9 Å². The largest absolute Gasteiger partial charge is 0.342 e. The zero-order valence-electron chi connectivity index (χ0n) is 15.2. The lowest BCUT2D eigenvalue weighted by Crippen LogP contribution is -2.46. The molecule has 3 rings (SSSR count). The maximum atomic E-state index is 12.9. The molecule has 1 aromatic heterocycles. The summed E-state index contributed by atoms with van der Waals surface area (Å²) in [6, 6.07) is 10.6. The second kappa shape index (κ2) is 8.30. The lowest BCUT2D eigenvalue weighted by molar-refractivity contribution is -0.134. The number of aryl methyl sites for hydroxylation is 1. The lowest BCUT2D eigenvalue weighted by atomic mass is 9.93. The summed E-state index contributed by atoms with van der Waals surface area (Å²) in [6.07, 6.45) is 6.81. The number of hydrogen-bond donors (Lipinski definition) is 1. The molecule has 134 valence electrons. The van der Waals surface area contributed by atoms with E-state index in [0.29, 0.717) is 6.04 Å². The first-order chi connectivity index (χ1) is 12.2. The van der Waals surface area contributed by atoms with Crippen molar-refractivity contribution in [1.82, 2.24) is 20.0 Å². The van der Waals surface area contributed by atoms with Gasteiger partial charge >= 0.3 is 0 Å². The van der Waals surface area contributed by atoms with E-state index in [1.54, 1.807) is 0 Å². The Morgan fingerprint density at radius 2 is 2.00 bits per heavy atom. The second-order valence-corrected chi connectivity index (χ2v) is 6.87. The molecule has 1 aliphatic rings. The lowest BCUT2D eigenvalue weighted by Gasteiger charge is -2.34. The second-order valence-electron chi connectivity index (χ2n) is 6.87. The smallest absolute Gasteiger partial charge is 0.230 e. The van der Waals surface area contributed by atoms with Crippen LogP contribution in [-0.2, 0) is 18.4 Å². The standard InChI is InChI=1S/C20H28N4O/c1-3-19(17-7-5-4-6-8-17)20(25)24-11-9-18(10-12-24)21-13-16-14-22-23(2)15-16/h4-8,14-15,18-19,21H,3,9-13H2,1-2H3. The first-order valence-corrected chi connectivity index (χ1v) is 9.22. The summed E-state index contributed by atoms with van der Waals surface area (Å²) in [6.45, 7) is 4.62. The highest BCUT2D eigenvalue weighted by atomic mass is 16.2. The molecule has 2 heterocycles. The molecule has 1 amide bonds. The number of likely N-dealkylation sites (tertiary alicyclic amines) is 1. The van der Waals surface area contributed by atoms with E-state index in [9.17, 15) is 4.79 Å². The van der Waals surface area contributed by atoms with Gasteiger partial charge in [-0.05, 0) is 24.8 Å². The van der Waals surface area contributed by atoms with Gasteiger partial charge in [-0.3, -0.25) is 9.48 Å². The summed E-state index contributed by atoms with van der Waals surface area (Å²) in [5.41, 5.74) is 2.34. The molecule has 1 atom stereocenters. The summed E-state index contributed by atoms with van der Waals surface area (Å²) >= 11 is 0. The number of piperidine rings is 1. The fraction of sp³-hybridized carbons (Fsp3) is 0.500. The third kappa shape index (κ3) is 4.48. The predicted molar refractivity (Wildman–Crippen MR) is 99.1 cm³/mol. The molecular weight excluding hydrogens is 312 g/mol. The van der Waals surface area contributed by atoms with Crippen LogP contribution in [0, 0.1) is 0 Å². The molecular formula is C20H28N4O. The van der Waals surface area contributed by atoms with Crippen LogP contribution in [0.15, 0.2) is 42.7 Å². The average Bonchev–Trinajstić information content (AvgIpc) is 3.07. The Kier molecular flexibility index (Phi) is 5.87. The number of nitrogens with one attached hydrogen (secondary N) is 1. The van der Waals surface area contributed by atoms with E-state index in [0.717, 1.165) is 44.5 Å². The normalized spacial score (nSPS) is 16.8. The minimum absolute atomic E-state index is 0.0129. The highest BCUT2D eigenvalue weighted by Gasteiger charge is 2.28. The number of carbonyl (C=O) groups excluding carboxylic acids is 1. The van der Waals surface area contributed by atoms with Crippen molar-refractivity contribution in [2.75, 3.05) is 13.1 Å². The van der Waals surface area contributed by atoms with Crippen LogP contribution < -0.4 is 5.32 Å². The molecule has 1 saturated heterocycles. The topological polar surface area (TPSA) is 50.2 Å². The minimum Gasteiger partial charge on any atom is -0.342 e. The summed E-state index contributed by atoms with van der Waals surface area (Å²) in [5, 5.41) is 7.79. The molecule has 1 N–H and O–H groups in total. The van der Waals surface area contributed by atoms with Gasteiger partial charge in [-0.15, -0.1) is 0 Å². The Hall–Kier alpha value is -2.14. The van der Waals surface area contributed by atoms with Gasteiger partial charge in [0, 0.05) is 44.5 Å². The zero-order chi connectivity index (χ0) is 17.6. The highest BCUT2D eigenvalue weighted by molar-refractivity contribution is 5.83. The van der Waals surface area contributed by atoms with Crippen molar-refractivity contribution >= 4 is 5.91 Å². The van der Waals surface area contributed by atoms with Crippen LogP contribution in [0.5, 0.6) is 0 Å². The third-order valence-corrected chi connectivity index (χ3v) is 5.07. The van der Waals surface area contributed by atoms with Gasteiger partial charge in [-0.1, -0.05) is 37.3 Å². The molecule has 1 aliphatic heterocycles. The summed E-state index contributed by atoms with van der Waals surface area (Å²) in [4.78, 5) is 15.0. The maximum Gasteiger partial charge on any atom is 0.230 e. The van der Waals surface area contributed by atoms with Gasteiger partial charge in [-0.25, -0.2) is 0 Å². The third-order valence-electron chi connectivity index (χ3n) is 5.07. The number of hydrogen-bond acceptors (Lipinski definition) is 3. The molecule has 0 spiro atoms.